The van der Waals surface area contributed by atoms with Crippen molar-refractivity contribution in [2.24, 2.45) is 0 Å². The average molecular weight is 498 g/mol. The Morgan fingerprint density at radius 1 is 1.31 bits per heavy atom. The normalized spacial score (nSPS) is 20.4. The van der Waals surface area contributed by atoms with Crippen molar-refractivity contribution in [2.75, 3.05) is 26.3 Å². The second-order valence-corrected chi connectivity index (χ2v) is 10.4. The number of sulfonamides is 1. The Morgan fingerprint density at radius 2 is 1.94 bits per heavy atom. The number of carbonyl (C=O) groups excluding carboxylic acids is 1. The predicted molar refractivity (Wildman–Crippen MR) is 115 cm³/mol. The molecule has 1 aromatic rings. The second-order valence-electron chi connectivity index (χ2n) is 8.15. The Hall–Kier alpha value is -1.40. The molecule has 12 heteroatoms. The summed E-state index contributed by atoms with van der Waals surface area (Å²) in [7, 11) is -4.03. The number of halogens is 3. The Bertz CT molecular complexity index is 872. The zero-order valence-corrected chi connectivity index (χ0v) is 19.6. The van der Waals surface area contributed by atoms with Crippen molar-refractivity contribution in [1.82, 2.24) is 14.8 Å². The Kier molecular flexibility index (Phi) is 8.97. The van der Waals surface area contributed by atoms with Crippen molar-refractivity contribution in [2.45, 2.75) is 62.0 Å². The summed E-state index contributed by atoms with van der Waals surface area (Å²) in [6, 6.07) is 2.98. The predicted octanol–water partition coefficient (Wildman–Crippen LogP) is 2.96. The van der Waals surface area contributed by atoms with Gasteiger partial charge in [-0.25, -0.2) is 27.0 Å². The molecular formula is C20H30ClF2N3O5S. The standard InChI is InChI=1S/C20H29F2N3O5S.ClH/c1-2-7-20(21,22)16-3-4-17(23-14-16)15-5-10-25(11-6-15)31(28,29)19(18(26)24-27)8-12-30-13-9-19;/h3-4,14-15,27H,2,5-13H2,1H3,(H,24,26);1H. The molecular weight excluding hydrogens is 468 g/mol. The third-order valence-corrected chi connectivity index (χ3v) is 8.92. The first-order valence-corrected chi connectivity index (χ1v) is 12.0. The molecule has 32 heavy (non-hydrogen) atoms. The third-order valence-electron chi connectivity index (χ3n) is 6.29. The van der Waals surface area contributed by atoms with E-state index in [1.165, 1.54) is 22.0 Å². The number of piperidine rings is 1. The maximum atomic E-state index is 14.0. The van der Waals surface area contributed by atoms with E-state index in [0.29, 0.717) is 25.0 Å². The van der Waals surface area contributed by atoms with Crippen LogP contribution < -0.4 is 5.48 Å². The maximum Gasteiger partial charge on any atom is 0.274 e. The number of rotatable bonds is 7. The van der Waals surface area contributed by atoms with Gasteiger partial charge in [-0.2, -0.15) is 0 Å². The van der Waals surface area contributed by atoms with Gasteiger partial charge < -0.3 is 4.74 Å². The highest BCUT2D eigenvalue weighted by molar-refractivity contribution is 7.91. The fourth-order valence-corrected chi connectivity index (χ4v) is 6.51. The molecule has 0 saturated carbocycles. The summed E-state index contributed by atoms with van der Waals surface area (Å²) in [5.74, 6) is -3.91. The number of aromatic nitrogens is 1. The molecule has 2 N–H and O–H groups in total. The number of nitrogens with zero attached hydrogens (tertiary/aromatic N) is 2. The molecule has 2 aliphatic heterocycles. The van der Waals surface area contributed by atoms with E-state index in [2.05, 4.69) is 4.98 Å². The molecule has 2 fully saturated rings. The van der Waals surface area contributed by atoms with Gasteiger partial charge in [0.15, 0.2) is 4.75 Å². The molecule has 0 spiro atoms. The SMILES string of the molecule is CCCC(F)(F)c1ccc(C2CCN(S(=O)(=O)C3(C(=O)NO)CCOCC3)CC2)nc1.Cl. The van der Waals surface area contributed by atoms with Gasteiger partial charge in [0.05, 0.1) is 0 Å². The van der Waals surface area contributed by atoms with Crippen molar-refractivity contribution in [3.63, 3.8) is 0 Å². The van der Waals surface area contributed by atoms with Crippen LogP contribution in [-0.4, -0.2) is 59.9 Å². The van der Waals surface area contributed by atoms with Crippen LogP contribution >= 0.6 is 12.4 Å². The smallest absolute Gasteiger partial charge is 0.274 e. The topological polar surface area (TPSA) is 109 Å². The first-order chi connectivity index (χ1) is 14.7. The van der Waals surface area contributed by atoms with Gasteiger partial charge in [0.2, 0.25) is 10.0 Å². The lowest BCUT2D eigenvalue weighted by Gasteiger charge is -2.40. The van der Waals surface area contributed by atoms with Gasteiger partial charge in [-0.05, 0) is 25.0 Å². The van der Waals surface area contributed by atoms with Crippen LogP contribution in [0.1, 0.15) is 62.6 Å². The number of hydroxylamine groups is 1. The molecule has 0 bridgehead atoms. The van der Waals surface area contributed by atoms with E-state index in [4.69, 9.17) is 9.94 Å². The number of amides is 1. The number of hydrogen-bond donors (Lipinski definition) is 2. The van der Waals surface area contributed by atoms with Crippen LogP contribution in [0.5, 0.6) is 0 Å². The summed E-state index contributed by atoms with van der Waals surface area (Å²) in [5.41, 5.74) is 2.05. The molecule has 182 valence electrons. The van der Waals surface area contributed by atoms with Crippen molar-refractivity contribution in [3.05, 3.63) is 29.6 Å². The highest BCUT2D eigenvalue weighted by Gasteiger charge is 2.54. The summed E-state index contributed by atoms with van der Waals surface area (Å²) in [6.07, 6.45) is 2.20. The van der Waals surface area contributed by atoms with E-state index in [1.807, 2.05) is 0 Å². The number of hydrogen-bond acceptors (Lipinski definition) is 6. The maximum absolute atomic E-state index is 14.0. The van der Waals surface area contributed by atoms with Gasteiger partial charge in [0.1, 0.15) is 0 Å². The van der Waals surface area contributed by atoms with Crippen LogP contribution in [0, 0.1) is 0 Å². The van der Waals surface area contributed by atoms with Gasteiger partial charge in [-0.3, -0.25) is 15.0 Å². The first-order valence-electron chi connectivity index (χ1n) is 10.5. The van der Waals surface area contributed by atoms with Gasteiger partial charge in [0, 0.05) is 68.9 Å². The fraction of sp³-hybridized carbons (Fsp3) is 0.700. The molecule has 8 nitrogen and oxygen atoms in total. The lowest BCUT2D eigenvalue weighted by atomic mass is 9.93. The number of alkyl halides is 2. The van der Waals surface area contributed by atoms with Crippen molar-refractivity contribution >= 4 is 28.3 Å². The van der Waals surface area contributed by atoms with Crippen molar-refractivity contribution < 1.29 is 31.9 Å². The van der Waals surface area contributed by atoms with Crippen LogP contribution in [-0.2, 0) is 25.5 Å². The van der Waals surface area contributed by atoms with E-state index in [1.54, 1.807) is 13.0 Å². The quantitative estimate of drug-likeness (QED) is 0.443. The van der Waals surface area contributed by atoms with E-state index in [0.717, 1.165) is 0 Å². The molecule has 0 unspecified atom stereocenters. The molecule has 0 atom stereocenters. The summed E-state index contributed by atoms with van der Waals surface area (Å²) >= 11 is 0. The minimum atomic E-state index is -4.03. The molecule has 2 saturated heterocycles. The zero-order chi connectivity index (χ0) is 22.7. The molecule has 1 aromatic heterocycles. The highest BCUT2D eigenvalue weighted by atomic mass is 35.5. The van der Waals surface area contributed by atoms with E-state index < -0.39 is 26.6 Å². The zero-order valence-electron chi connectivity index (χ0n) is 17.9. The van der Waals surface area contributed by atoms with E-state index in [-0.39, 0.29) is 69.5 Å². The van der Waals surface area contributed by atoms with Gasteiger partial charge in [-0.15, -0.1) is 12.4 Å². The lowest BCUT2D eigenvalue weighted by Crippen LogP contribution is -2.60. The fourth-order valence-electron chi connectivity index (χ4n) is 4.37. The minimum Gasteiger partial charge on any atom is -0.381 e. The molecule has 1 amide bonds. The van der Waals surface area contributed by atoms with Crippen LogP contribution in [0.3, 0.4) is 0 Å². The minimum absolute atomic E-state index is 0. The summed E-state index contributed by atoms with van der Waals surface area (Å²) in [6.45, 7) is 2.30. The summed E-state index contributed by atoms with van der Waals surface area (Å²) in [5, 5.41) is 9.13. The second kappa shape index (κ2) is 10.7. The molecule has 3 heterocycles. The van der Waals surface area contributed by atoms with Gasteiger partial charge >= 0.3 is 0 Å². The summed E-state index contributed by atoms with van der Waals surface area (Å²) < 4.78 is 59.5. The lowest BCUT2D eigenvalue weighted by molar-refractivity contribution is -0.134. The Balaban J connectivity index is 0.00000363. The van der Waals surface area contributed by atoms with Crippen molar-refractivity contribution in [1.29, 1.82) is 0 Å². The van der Waals surface area contributed by atoms with Crippen LogP contribution in [0.15, 0.2) is 18.3 Å². The summed E-state index contributed by atoms with van der Waals surface area (Å²) in [4.78, 5) is 16.6. The monoisotopic (exact) mass is 497 g/mol. The van der Waals surface area contributed by atoms with E-state index in [9.17, 15) is 22.0 Å². The van der Waals surface area contributed by atoms with Gasteiger partial charge in [0.25, 0.3) is 11.8 Å². The van der Waals surface area contributed by atoms with Crippen LogP contribution in [0.4, 0.5) is 8.78 Å². The Morgan fingerprint density at radius 3 is 2.44 bits per heavy atom. The Labute approximate surface area is 193 Å². The first kappa shape index (κ1) is 26.8. The van der Waals surface area contributed by atoms with Gasteiger partial charge in [-0.1, -0.05) is 13.3 Å². The van der Waals surface area contributed by atoms with Crippen LogP contribution in [0.2, 0.25) is 0 Å². The molecule has 2 aliphatic rings. The largest absolute Gasteiger partial charge is 0.381 e. The highest BCUT2D eigenvalue weighted by Crippen LogP contribution is 2.37. The molecule has 0 aromatic carbocycles. The third kappa shape index (κ3) is 5.06. The van der Waals surface area contributed by atoms with E-state index >= 15 is 0 Å². The average Bonchev–Trinajstić information content (AvgIpc) is 2.79. The number of carbonyl (C=O) groups is 1. The van der Waals surface area contributed by atoms with Crippen molar-refractivity contribution in [3.8, 4) is 0 Å². The molecule has 0 aliphatic carbocycles. The van der Waals surface area contributed by atoms with Crippen LogP contribution in [0.25, 0.3) is 0 Å². The number of nitrogens with one attached hydrogen (secondary N) is 1. The molecule has 3 rings (SSSR count). The number of pyridine rings is 1. The molecule has 0 radical (unpaired) electrons. The number of ether oxygens (including phenoxy) is 1.